The summed E-state index contributed by atoms with van der Waals surface area (Å²) in [4.78, 5) is 48.6. The number of Topliss-reactive ketones (excluding diaryl/α,β-unsaturated/α-hetero) is 1. The highest BCUT2D eigenvalue weighted by Gasteiger charge is 2.34. The van der Waals surface area contributed by atoms with Crippen molar-refractivity contribution in [2.24, 2.45) is 5.41 Å². The molecule has 0 aliphatic rings. The third-order valence-electron chi connectivity index (χ3n) is 4.54. The molecule has 8 heteroatoms. The van der Waals surface area contributed by atoms with Crippen LogP contribution in [0.3, 0.4) is 0 Å². The van der Waals surface area contributed by atoms with Gasteiger partial charge in [-0.25, -0.2) is 0 Å². The van der Waals surface area contributed by atoms with E-state index >= 15 is 0 Å². The molecule has 8 nitrogen and oxygen atoms in total. The van der Waals surface area contributed by atoms with E-state index in [9.17, 15) is 19.2 Å². The van der Waals surface area contributed by atoms with Gasteiger partial charge in [0.2, 0.25) is 17.7 Å². The minimum atomic E-state index is -0.967. The van der Waals surface area contributed by atoms with Gasteiger partial charge in [-0.3, -0.25) is 19.2 Å². The van der Waals surface area contributed by atoms with Crippen molar-refractivity contribution in [2.75, 3.05) is 0 Å². The zero-order valence-electron chi connectivity index (χ0n) is 18.3. The third kappa shape index (κ3) is 8.55. The van der Waals surface area contributed by atoms with Crippen molar-refractivity contribution in [2.45, 2.75) is 66.1 Å². The normalized spacial score (nSPS) is 13.0. The summed E-state index contributed by atoms with van der Waals surface area (Å²) in [5, 5.41) is 15.1. The third-order valence-corrected chi connectivity index (χ3v) is 4.54. The molecule has 1 aromatic rings. The summed E-state index contributed by atoms with van der Waals surface area (Å²) in [6.07, 6.45) is 0.696. The van der Waals surface area contributed by atoms with Crippen LogP contribution in [-0.2, 0) is 25.7 Å². The molecule has 3 amide bonds. The largest absolute Gasteiger partial charge is 0.350 e. The van der Waals surface area contributed by atoms with Crippen LogP contribution >= 0.6 is 0 Å². The van der Waals surface area contributed by atoms with Crippen LogP contribution in [0.15, 0.2) is 24.3 Å². The molecule has 2 atom stereocenters. The summed E-state index contributed by atoms with van der Waals surface area (Å²) in [6, 6.07) is 5.85. The molecule has 0 aliphatic heterocycles. The number of hydrogen-bond acceptors (Lipinski definition) is 5. The van der Waals surface area contributed by atoms with Gasteiger partial charge in [-0.2, -0.15) is 0 Å². The van der Waals surface area contributed by atoms with E-state index in [2.05, 4.69) is 16.0 Å². The molecule has 1 rings (SSSR count). The van der Waals surface area contributed by atoms with E-state index < -0.39 is 35.1 Å². The Labute approximate surface area is 177 Å². The second kappa shape index (κ2) is 11.2. The van der Waals surface area contributed by atoms with Gasteiger partial charge >= 0.3 is 0 Å². The van der Waals surface area contributed by atoms with Gasteiger partial charge in [0.25, 0.3) is 0 Å². The van der Waals surface area contributed by atoms with Crippen LogP contribution in [-0.4, -0.2) is 41.8 Å². The minimum Gasteiger partial charge on any atom is -0.350 e. The zero-order valence-corrected chi connectivity index (χ0v) is 18.3. The number of nitrogens with one attached hydrogen (secondary N) is 4. The standard InChI is InChI=1S/C22H32N4O4/c1-14-6-8-16(9-7-14)13-24-20(29)18(11-10-17(28)12-23)26-21(30)19(22(3,4)5)25-15(2)27/h6-9,12,18-19,23H,10-11,13H2,1-5H3,(H,24,29)(H,25,27)(H,26,30)/t18-,19+/m0/s1. The second-order valence-electron chi connectivity index (χ2n) is 8.41. The van der Waals surface area contributed by atoms with E-state index in [0.29, 0.717) is 6.21 Å². The minimum absolute atomic E-state index is 0.0489. The monoisotopic (exact) mass is 416 g/mol. The van der Waals surface area contributed by atoms with E-state index in [1.54, 1.807) is 20.8 Å². The summed E-state index contributed by atoms with van der Waals surface area (Å²) in [5.41, 5.74) is 1.43. The lowest BCUT2D eigenvalue weighted by Crippen LogP contribution is -2.57. The fourth-order valence-electron chi connectivity index (χ4n) is 2.78. The highest BCUT2D eigenvalue weighted by Crippen LogP contribution is 2.20. The average Bonchev–Trinajstić information content (AvgIpc) is 2.67. The lowest BCUT2D eigenvalue weighted by Gasteiger charge is -2.31. The molecule has 0 spiro atoms. The highest BCUT2D eigenvalue weighted by molar-refractivity contribution is 6.26. The van der Waals surface area contributed by atoms with Crippen LogP contribution in [0, 0.1) is 17.7 Å². The molecule has 4 N–H and O–H groups in total. The summed E-state index contributed by atoms with van der Waals surface area (Å²) in [7, 11) is 0. The Morgan fingerprint density at radius 1 is 1.03 bits per heavy atom. The summed E-state index contributed by atoms with van der Waals surface area (Å²) < 4.78 is 0. The first-order valence-electron chi connectivity index (χ1n) is 9.88. The van der Waals surface area contributed by atoms with Gasteiger partial charge in [-0.1, -0.05) is 50.6 Å². The van der Waals surface area contributed by atoms with Crippen LogP contribution in [0.5, 0.6) is 0 Å². The molecule has 0 saturated heterocycles. The molecule has 30 heavy (non-hydrogen) atoms. The SMILES string of the molecule is CC(=O)N[C@H](C(=O)N[C@@H](CCC(=O)C=N)C(=O)NCc1ccc(C)cc1)C(C)(C)C. The van der Waals surface area contributed by atoms with Gasteiger partial charge in [0.15, 0.2) is 5.78 Å². The first kappa shape index (κ1) is 25.0. The van der Waals surface area contributed by atoms with E-state index in [4.69, 9.17) is 5.41 Å². The molecule has 1 aromatic carbocycles. The smallest absolute Gasteiger partial charge is 0.243 e. The van der Waals surface area contributed by atoms with Crippen molar-refractivity contribution in [3.63, 3.8) is 0 Å². The number of amides is 3. The first-order chi connectivity index (χ1) is 13.9. The van der Waals surface area contributed by atoms with Crippen molar-refractivity contribution >= 4 is 29.7 Å². The molecular formula is C22H32N4O4. The Balaban J connectivity index is 2.91. The molecule has 0 radical (unpaired) electrons. The van der Waals surface area contributed by atoms with Gasteiger partial charge in [0, 0.05) is 19.9 Å². The first-order valence-corrected chi connectivity index (χ1v) is 9.88. The predicted molar refractivity (Wildman–Crippen MR) is 115 cm³/mol. The Bertz CT molecular complexity index is 781. The lowest BCUT2D eigenvalue weighted by atomic mass is 9.85. The van der Waals surface area contributed by atoms with Crippen molar-refractivity contribution in [3.8, 4) is 0 Å². The fraction of sp³-hybridized carbons (Fsp3) is 0.500. The molecule has 0 heterocycles. The van der Waals surface area contributed by atoms with E-state index in [1.807, 2.05) is 31.2 Å². The number of carbonyl (C=O) groups is 4. The number of rotatable bonds is 10. The Kier molecular flexibility index (Phi) is 9.36. The van der Waals surface area contributed by atoms with Crippen LogP contribution in [0.25, 0.3) is 0 Å². The number of aryl methyl sites for hydroxylation is 1. The van der Waals surface area contributed by atoms with E-state index in [0.717, 1.165) is 11.1 Å². The average molecular weight is 417 g/mol. The molecule has 0 aliphatic carbocycles. The van der Waals surface area contributed by atoms with Crippen LogP contribution in [0.1, 0.15) is 51.7 Å². The lowest BCUT2D eigenvalue weighted by molar-refractivity contribution is -0.134. The van der Waals surface area contributed by atoms with Crippen molar-refractivity contribution in [1.82, 2.24) is 16.0 Å². The Morgan fingerprint density at radius 3 is 2.13 bits per heavy atom. The van der Waals surface area contributed by atoms with Gasteiger partial charge in [0.05, 0.1) is 6.21 Å². The molecule has 0 fully saturated rings. The molecule has 0 bridgehead atoms. The van der Waals surface area contributed by atoms with E-state index in [-0.39, 0.29) is 25.3 Å². The molecule has 0 saturated carbocycles. The number of ketones is 1. The maximum absolute atomic E-state index is 12.8. The number of carbonyl (C=O) groups excluding carboxylic acids is 4. The summed E-state index contributed by atoms with van der Waals surface area (Å²) in [5.74, 6) is -1.73. The number of hydrogen-bond donors (Lipinski definition) is 4. The maximum atomic E-state index is 12.8. The molecular weight excluding hydrogens is 384 g/mol. The van der Waals surface area contributed by atoms with Crippen LogP contribution in [0.2, 0.25) is 0 Å². The second-order valence-corrected chi connectivity index (χ2v) is 8.41. The molecule has 164 valence electrons. The summed E-state index contributed by atoms with van der Waals surface area (Å²) in [6.45, 7) is 8.97. The Hall–Kier alpha value is -3.03. The topological polar surface area (TPSA) is 128 Å². The van der Waals surface area contributed by atoms with Crippen LogP contribution in [0.4, 0.5) is 0 Å². The van der Waals surface area contributed by atoms with E-state index in [1.165, 1.54) is 6.92 Å². The van der Waals surface area contributed by atoms with Crippen molar-refractivity contribution in [1.29, 1.82) is 5.41 Å². The van der Waals surface area contributed by atoms with Crippen LogP contribution < -0.4 is 16.0 Å². The quantitative estimate of drug-likeness (QED) is 0.432. The molecule has 0 unspecified atom stereocenters. The molecule has 0 aromatic heterocycles. The number of benzene rings is 1. The van der Waals surface area contributed by atoms with Gasteiger partial charge in [0.1, 0.15) is 12.1 Å². The van der Waals surface area contributed by atoms with Gasteiger partial charge in [-0.05, 0) is 24.3 Å². The highest BCUT2D eigenvalue weighted by atomic mass is 16.2. The van der Waals surface area contributed by atoms with Crippen molar-refractivity contribution in [3.05, 3.63) is 35.4 Å². The van der Waals surface area contributed by atoms with Gasteiger partial charge in [-0.15, -0.1) is 0 Å². The maximum Gasteiger partial charge on any atom is 0.243 e. The van der Waals surface area contributed by atoms with Crippen molar-refractivity contribution < 1.29 is 19.2 Å². The summed E-state index contributed by atoms with van der Waals surface area (Å²) >= 11 is 0. The Morgan fingerprint density at radius 2 is 1.63 bits per heavy atom. The van der Waals surface area contributed by atoms with Gasteiger partial charge < -0.3 is 21.4 Å². The predicted octanol–water partition coefficient (Wildman–Crippen LogP) is 1.65. The zero-order chi connectivity index (χ0) is 22.9. The fourth-order valence-corrected chi connectivity index (χ4v) is 2.78.